The summed E-state index contributed by atoms with van der Waals surface area (Å²) in [5.74, 6) is 1.09. The third-order valence-corrected chi connectivity index (χ3v) is 5.04. The van der Waals surface area contributed by atoms with Gasteiger partial charge in [-0.15, -0.1) is 0 Å². The molecular weight excluding hydrogens is 384 g/mol. The van der Waals surface area contributed by atoms with Crippen LogP contribution in [-0.4, -0.2) is 23.2 Å². The summed E-state index contributed by atoms with van der Waals surface area (Å²) in [6, 6.07) is 15.3. The van der Waals surface area contributed by atoms with Crippen LogP contribution in [0.5, 0.6) is 0 Å². The summed E-state index contributed by atoms with van der Waals surface area (Å²) in [4.78, 5) is 16.7. The van der Waals surface area contributed by atoms with Gasteiger partial charge in [0.2, 0.25) is 0 Å². The highest BCUT2D eigenvalue weighted by molar-refractivity contribution is 9.10. The largest absolute Gasteiger partial charge is 0.335 e. The van der Waals surface area contributed by atoms with Crippen LogP contribution < -0.4 is 5.32 Å². The summed E-state index contributed by atoms with van der Waals surface area (Å²) in [7, 11) is 0. The second-order valence-electron chi connectivity index (χ2n) is 5.34. The van der Waals surface area contributed by atoms with E-state index in [2.05, 4.69) is 26.2 Å². The molecule has 0 aromatic heterocycles. The van der Waals surface area contributed by atoms with Crippen LogP contribution in [0.15, 0.2) is 64.1 Å². The molecule has 0 fully saturated rings. The first-order valence-corrected chi connectivity index (χ1v) is 9.51. The number of allylic oxidation sites excluding steroid dienone is 1. The first-order valence-electron chi connectivity index (χ1n) is 7.73. The van der Waals surface area contributed by atoms with Crippen LogP contribution >= 0.6 is 27.7 Å². The van der Waals surface area contributed by atoms with Gasteiger partial charge in [0.15, 0.2) is 11.0 Å². The molecule has 2 aromatic carbocycles. The van der Waals surface area contributed by atoms with Gasteiger partial charge >= 0.3 is 0 Å². The quantitative estimate of drug-likeness (QED) is 0.562. The average Bonchev–Trinajstić information content (AvgIpc) is 2.62. The van der Waals surface area contributed by atoms with Gasteiger partial charge in [0.1, 0.15) is 0 Å². The molecule has 3 rings (SSSR count). The number of carbonyl (C=O) groups is 1. The molecule has 0 amide bonds. The predicted molar refractivity (Wildman–Crippen MR) is 107 cm³/mol. The molecule has 1 N–H and O–H groups in total. The van der Waals surface area contributed by atoms with Crippen molar-refractivity contribution in [3.05, 3.63) is 70.2 Å². The molecule has 122 valence electrons. The van der Waals surface area contributed by atoms with Crippen LogP contribution in [0.3, 0.4) is 0 Å². The van der Waals surface area contributed by atoms with Crippen molar-refractivity contribution in [1.82, 2.24) is 0 Å². The molecule has 1 aliphatic rings. The van der Waals surface area contributed by atoms with Gasteiger partial charge in [0.25, 0.3) is 0 Å². The standard InChI is InChI=1S/C19H17BrN2OS/c20-16-7-2-14(3-8-16)4-11-18(23)15-5-9-17(10-6-15)22-19-21-12-1-13-24-19/h2-11H,1,12-13H2,(H,21,22)/b11-4+. The van der Waals surface area contributed by atoms with Crippen molar-refractivity contribution in [3.63, 3.8) is 0 Å². The predicted octanol–water partition coefficient (Wildman–Crippen LogP) is 5.25. The minimum Gasteiger partial charge on any atom is -0.335 e. The summed E-state index contributed by atoms with van der Waals surface area (Å²) in [6.07, 6.45) is 4.56. The third-order valence-electron chi connectivity index (χ3n) is 3.51. The Kier molecular flexibility index (Phi) is 5.88. The molecule has 24 heavy (non-hydrogen) atoms. The van der Waals surface area contributed by atoms with Crippen molar-refractivity contribution < 1.29 is 4.79 Å². The number of hydrogen-bond donors (Lipinski definition) is 1. The fourth-order valence-corrected chi connectivity index (χ4v) is 3.32. The molecule has 0 spiro atoms. The fraction of sp³-hybridized carbons (Fsp3) is 0.158. The number of rotatable bonds is 4. The average molecular weight is 401 g/mol. The Morgan fingerprint density at radius 2 is 1.88 bits per heavy atom. The Balaban J connectivity index is 1.63. The van der Waals surface area contributed by atoms with Gasteiger partial charge in [-0.1, -0.05) is 45.9 Å². The highest BCUT2D eigenvalue weighted by Crippen LogP contribution is 2.17. The van der Waals surface area contributed by atoms with Crippen molar-refractivity contribution in [2.75, 3.05) is 17.6 Å². The van der Waals surface area contributed by atoms with Crippen LogP contribution in [0.25, 0.3) is 6.08 Å². The maximum Gasteiger partial charge on any atom is 0.185 e. The summed E-state index contributed by atoms with van der Waals surface area (Å²) >= 11 is 5.13. The van der Waals surface area contributed by atoms with Crippen LogP contribution in [0.4, 0.5) is 5.69 Å². The molecule has 2 aromatic rings. The van der Waals surface area contributed by atoms with E-state index in [1.807, 2.05) is 54.6 Å². The summed E-state index contributed by atoms with van der Waals surface area (Å²) in [6.45, 7) is 0.882. The molecule has 0 saturated heterocycles. The molecular formula is C19H17BrN2OS. The molecule has 0 radical (unpaired) electrons. The maximum atomic E-state index is 12.2. The Morgan fingerprint density at radius 1 is 1.12 bits per heavy atom. The monoisotopic (exact) mass is 400 g/mol. The summed E-state index contributed by atoms with van der Waals surface area (Å²) in [5.41, 5.74) is 2.63. The number of nitrogens with one attached hydrogen (secondary N) is 1. The van der Waals surface area contributed by atoms with Gasteiger partial charge in [-0.25, -0.2) is 0 Å². The smallest absolute Gasteiger partial charge is 0.185 e. The van der Waals surface area contributed by atoms with E-state index in [0.717, 1.165) is 39.6 Å². The normalized spacial score (nSPS) is 14.5. The van der Waals surface area contributed by atoms with E-state index >= 15 is 0 Å². The second kappa shape index (κ2) is 8.31. The van der Waals surface area contributed by atoms with E-state index in [4.69, 9.17) is 0 Å². The lowest BCUT2D eigenvalue weighted by Gasteiger charge is -2.13. The SMILES string of the molecule is O=C(/C=C/c1ccc(Br)cc1)c1ccc(NC2=NCCCS2)cc1. The minimum atomic E-state index is -0.00569. The molecule has 0 bridgehead atoms. The molecule has 5 heteroatoms. The molecule has 1 heterocycles. The number of hydrogen-bond acceptors (Lipinski definition) is 4. The lowest BCUT2D eigenvalue weighted by Crippen LogP contribution is -2.13. The number of carbonyl (C=O) groups excluding carboxylic acids is 1. The number of ketones is 1. The molecule has 1 aliphatic heterocycles. The van der Waals surface area contributed by atoms with Gasteiger partial charge in [-0.05, 0) is 54.5 Å². The minimum absolute atomic E-state index is 0.00569. The molecule has 0 unspecified atom stereocenters. The van der Waals surface area contributed by atoms with E-state index in [9.17, 15) is 4.79 Å². The number of benzene rings is 2. The van der Waals surface area contributed by atoms with Gasteiger partial charge < -0.3 is 5.32 Å². The van der Waals surface area contributed by atoms with Crippen molar-refractivity contribution in [2.45, 2.75) is 6.42 Å². The van der Waals surface area contributed by atoms with Gasteiger partial charge in [-0.3, -0.25) is 9.79 Å². The zero-order chi connectivity index (χ0) is 16.8. The Bertz CT molecular complexity index is 767. The van der Waals surface area contributed by atoms with Crippen LogP contribution in [0.2, 0.25) is 0 Å². The Labute approximate surface area is 154 Å². The van der Waals surface area contributed by atoms with Crippen molar-refractivity contribution in [1.29, 1.82) is 0 Å². The van der Waals surface area contributed by atoms with Crippen molar-refractivity contribution >= 4 is 50.4 Å². The van der Waals surface area contributed by atoms with E-state index in [1.165, 1.54) is 0 Å². The number of amidine groups is 1. The lowest BCUT2D eigenvalue weighted by molar-refractivity contribution is 0.104. The first-order chi connectivity index (χ1) is 11.7. The summed E-state index contributed by atoms with van der Waals surface area (Å²) < 4.78 is 1.02. The maximum absolute atomic E-state index is 12.2. The van der Waals surface area contributed by atoms with Crippen LogP contribution in [0, 0.1) is 0 Å². The van der Waals surface area contributed by atoms with Gasteiger partial charge in [-0.2, -0.15) is 0 Å². The highest BCUT2D eigenvalue weighted by Gasteiger charge is 2.07. The van der Waals surface area contributed by atoms with Crippen LogP contribution in [0.1, 0.15) is 22.3 Å². The van der Waals surface area contributed by atoms with Crippen molar-refractivity contribution in [2.24, 2.45) is 4.99 Å². The summed E-state index contributed by atoms with van der Waals surface area (Å²) in [5, 5.41) is 4.24. The van der Waals surface area contributed by atoms with Gasteiger partial charge in [0, 0.05) is 28.0 Å². The van der Waals surface area contributed by atoms with E-state index in [0.29, 0.717) is 5.56 Å². The van der Waals surface area contributed by atoms with E-state index in [1.54, 1.807) is 17.8 Å². The number of anilines is 1. The third kappa shape index (κ3) is 4.82. The Hall–Kier alpha value is -1.85. The number of aliphatic imine (C=N–C) groups is 1. The first kappa shape index (κ1) is 17.0. The number of thioether (sulfide) groups is 1. The highest BCUT2D eigenvalue weighted by atomic mass is 79.9. The zero-order valence-corrected chi connectivity index (χ0v) is 15.4. The van der Waals surface area contributed by atoms with E-state index < -0.39 is 0 Å². The Morgan fingerprint density at radius 3 is 2.54 bits per heavy atom. The molecule has 0 saturated carbocycles. The lowest BCUT2D eigenvalue weighted by atomic mass is 10.1. The number of nitrogens with zero attached hydrogens (tertiary/aromatic N) is 1. The van der Waals surface area contributed by atoms with Gasteiger partial charge in [0.05, 0.1) is 0 Å². The van der Waals surface area contributed by atoms with Crippen molar-refractivity contribution in [3.8, 4) is 0 Å². The fourth-order valence-electron chi connectivity index (χ4n) is 2.22. The van der Waals surface area contributed by atoms with E-state index in [-0.39, 0.29) is 5.78 Å². The molecule has 0 atom stereocenters. The zero-order valence-electron chi connectivity index (χ0n) is 13.0. The number of halogens is 1. The topological polar surface area (TPSA) is 41.5 Å². The molecule has 3 nitrogen and oxygen atoms in total. The second-order valence-corrected chi connectivity index (χ2v) is 7.34. The van der Waals surface area contributed by atoms with Crippen LogP contribution in [-0.2, 0) is 0 Å². The molecule has 0 aliphatic carbocycles.